The first-order valence-corrected chi connectivity index (χ1v) is 6.56. The first-order valence-electron chi connectivity index (χ1n) is 6.56. The van der Waals surface area contributed by atoms with Crippen LogP contribution in [0.15, 0.2) is 48.7 Å². The average Bonchev–Trinajstić information content (AvgIpc) is 2.90. The summed E-state index contributed by atoms with van der Waals surface area (Å²) in [4.78, 5) is 0. The molecule has 0 amide bonds. The van der Waals surface area contributed by atoms with Gasteiger partial charge in [-0.1, -0.05) is 30.3 Å². The molecule has 0 spiro atoms. The van der Waals surface area contributed by atoms with Crippen LogP contribution in [-0.2, 0) is 13.6 Å². The lowest BCUT2D eigenvalue weighted by molar-refractivity contribution is 0.419. The molecule has 2 aromatic carbocycles. The van der Waals surface area contributed by atoms with Crippen LogP contribution in [0.4, 0.5) is 5.82 Å². The molecule has 102 valence electrons. The maximum absolute atomic E-state index is 5.41. The van der Waals surface area contributed by atoms with Gasteiger partial charge in [0.25, 0.3) is 0 Å². The number of methoxy groups -OCH3 is 1. The summed E-state index contributed by atoms with van der Waals surface area (Å²) in [6.45, 7) is 0.738. The van der Waals surface area contributed by atoms with E-state index in [2.05, 4.69) is 28.6 Å². The first-order chi connectivity index (χ1) is 9.78. The summed E-state index contributed by atoms with van der Waals surface area (Å²) in [5.74, 6) is 1.79. The molecule has 0 radical (unpaired) electrons. The molecule has 4 nitrogen and oxygen atoms in total. The molecule has 0 unspecified atom stereocenters. The molecule has 0 bridgehead atoms. The third-order valence-corrected chi connectivity index (χ3v) is 3.37. The minimum atomic E-state index is 0.738. The number of hydrogen-bond acceptors (Lipinski definition) is 3. The van der Waals surface area contributed by atoms with Crippen LogP contribution in [-0.4, -0.2) is 16.9 Å². The number of ether oxygens (including phenoxy) is 1. The highest BCUT2D eigenvalue weighted by Gasteiger charge is 2.06. The third-order valence-electron chi connectivity index (χ3n) is 3.37. The van der Waals surface area contributed by atoms with Gasteiger partial charge in [-0.15, -0.1) is 0 Å². The molecule has 20 heavy (non-hydrogen) atoms. The maximum atomic E-state index is 5.41. The Kier molecular flexibility index (Phi) is 3.29. The highest BCUT2D eigenvalue weighted by Crippen LogP contribution is 2.28. The van der Waals surface area contributed by atoms with Crippen LogP contribution in [0.5, 0.6) is 5.75 Å². The van der Waals surface area contributed by atoms with Crippen LogP contribution in [0.2, 0.25) is 0 Å². The van der Waals surface area contributed by atoms with Crippen molar-refractivity contribution < 1.29 is 4.74 Å². The van der Waals surface area contributed by atoms with E-state index in [1.165, 1.54) is 10.9 Å². The van der Waals surface area contributed by atoms with E-state index in [1.54, 1.807) is 11.8 Å². The molecule has 0 aliphatic rings. The summed E-state index contributed by atoms with van der Waals surface area (Å²) < 4.78 is 7.20. The van der Waals surface area contributed by atoms with Crippen molar-refractivity contribution in [3.63, 3.8) is 0 Å². The van der Waals surface area contributed by atoms with E-state index in [0.717, 1.165) is 23.5 Å². The van der Waals surface area contributed by atoms with Gasteiger partial charge in [0.1, 0.15) is 11.6 Å². The van der Waals surface area contributed by atoms with E-state index in [-0.39, 0.29) is 0 Å². The van der Waals surface area contributed by atoms with Gasteiger partial charge in [-0.2, -0.15) is 5.10 Å². The fourth-order valence-corrected chi connectivity index (χ4v) is 2.36. The number of aryl methyl sites for hydroxylation is 1. The predicted molar refractivity (Wildman–Crippen MR) is 81.0 cm³/mol. The monoisotopic (exact) mass is 267 g/mol. The number of rotatable bonds is 4. The molecule has 0 atom stereocenters. The van der Waals surface area contributed by atoms with Crippen LogP contribution in [0.1, 0.15) is 5.56 Å². The fourth-order valence-electron chi connectivity index (χ4n) is 2.36. The highest BCUT2D eigenvalue weighted by atomic mass is 16.5. The van der Waals surface area contributed by atoms with E-state index in [9.17, 15) is 0 Å². The van der Waals surface area contributed by atoms with E-state index >= 15 is 0 Å². The number of benzene rings is 2. The second-order valence-electron chi connectivity index (χ2n) is 4.70. The maximum Gasteiger partial charge on any atom is 0.148 e. The van der Waals surface area contributed by atoms with Crippen LogP contribution < -0.4 is 10.1 Å². The van der Waals surface area contributed by atoms with Crippen molar-refractivity contribution in [1.29, 1.82) is 0 Å². The molecule has 1 aromatic heterocycles. The van der Waals surface area contributed by atoms with Crippen molar-refractivity contribution in [3.05, 3.63) is 54.2 Å². The molecular formula is C16H17N3O. The van der Waals surface area contributed by atoms with Crippen LogP contribution in [0.25, 0.3) is 10.8 Å². The van der Waals surface area contributed by atoms with E-state index in [4.69, 9.17) is 4.74 Å². The van der Waals surface area contributed by atoms with Gasteiger partial charge >= 0.3 is 0 Å². The predicted octanol–water partition coefficient (Wildman–Crippen LogP) is 3.19. The lowest BCUT2D eigenvalue weighted by atomic mass is 10.0. The van der Waals surface area contributed by atoms with E-state index in [1.807, 2.05) is 37.5 Å². The van der Waals surface area contributed by atoms with Crippen LogP contribution in [0, 0.1) is 0 Å². The van der Waals surface area contributed by atoms with Gasteiger partial charge in [0, 0.05) is 31.2 Å². The van der Waals surface area contributed by atoms with Gasteiger partial charge < -0.3 is 10.1 Å². The molecule has 0 fully saturated rings. The minimum absolute atomic E-state index is 0.738. The molecule has 0 saturated heterocycles. The molecule has 1 heterocycles. The summed E-state index contributed by atoms with van der Waals surface area (Å²) in [5.41, 5.74) is 1.23. The van der Waals surface area contributed by atoms with Crippen molar-refractivity contribution in [2.75, 3.05) is 12.4 Å². The SMILES string of the molecule is COc1ccc(CNc2ccn(C)n2)c2ccccc12. The second-order valence-corrected chi connectivity index (χ2v) is 4.70. The lowest BCUT2D eigenvalue weighted by Crippen LogP contribution is -2.02. The van der Waals surface area contributed by atoms with Gasteiger partial charge in [0.2, 0.25) is 0 Å². The van der Waals surface area contributed by atoms with Crippen molar-refractivity contribution >= 4 is 16.6 Å². The molecule has 0 saturated carbocycles. The third kappa shape index (κ3) is 2.32. The Hall–Kier alpha value is -2.49. The first kappa shape index (κ1) is 12.5. The molecule has 1 N–H and O–H groups in total. The van der Waals surface area contributed by atoms with Gasteiger partial charge in [-0.05, 0) is 17.0 Å². The Morgan fingerprint density at radius 2 is 1.90 bits per heavy atom. The Morgan fingerprint density at radius 3 is 2.60 bits per heavy atom. The van der Waals surface area contributed by atoms with E-state index in [0.29, 0.717) is 0 Å². The average molecular weight is 267 g/mol. The van der Waals surface area contributed by atoms with E-state index < -0.39 is 0 Å². The number of hydrogen-bond donors (Lipinski definition) is 1. The van der Waals surface area contributed by atoms with Gasteiger partial charge in [0.05, 0.1) is 7.11 Å². The lowest BCUT2D eigenvalue weighted by Gasteiger charge is -2.11. The molecule has 3 rings (SSSR count). The topological polar surface area (TPSA) is 39.1 Å². The molecular weight excluding hydrogens is 250 g/mol. The van der Waals surface area contributed by atoms with Crippen molar-refractivity contribution in [2.45, 2.75) is 6.54 Å². The molecule has 3 aromatic rings. The zero-order chi connectivity index (χ0) is 13.9. The van der Waals surface area contributed by atoms with Crippen LogP contribution >= 0.6 is 0 Å². The Bertz CT molecular complexity index is 733. The van der Waals surface area contributed by atoms with Gasteiger partial charge in [-0.3, -0.25) is 4.68 Å². The Morgan fingerprint density at radius 1 is 1.10 bits per heavy atom. The molecule has 0 aliphatic heterocycles. The van der Waals surface area contributed by atoms with Gasteiger partial charge in [-0.25, -0.2) is 0 Å². The molecule has 4 heteroatoms. The Balaban J connectivity index is 1.92. The zero-order valence-electron chi connectivity index (χ0n) is 11.6. The van der Waals surface area contributed by atoms with Crippen molar-refractivity contribution in [1.82, 2.24) is 9.78 Å². The van der Waals surface area contributed by atoms with Crippen molar-refractivity contribution in [3.8, 4) is 5.75 Å². The molecule has 0 aliphatic carbocycles. The Labute approximate surface area is 118 Å². The smallest absolute Gasteiger partial charge is 0.148 e. The number of anilines is 1. The van der Waals surface area contributed by atoms with Crippen molar-refractivity contribution in [2.24, 2.45) is 7.05 Å². The summed E-state index contributed by atoms with van der Waals surface area (Å²) in [5, 5.41) is 10.00. The summed E-state index contributed by atoms with van der Waals surface area (Å²) in [6, 6.07) is 14.3. The number of nitrogens with one attached hydrogen (secondary N) is 1. The minimum Gasteiger partial charge on any atom is -0.496 e. The number of fused-ring (bicyclic) bond motifs is 1. The van der Waals surface area contributed by atoms with Gasteiger partial charge in [0.15, 0.2) is 0 Å². The number of nitrogens with zero attached hydrogens (tertiary/aromatic N) is 2. The summed E-state index contributed by atoms with van der Waals surface area (Å²) in [6.07, 6.45) is 1.93. The highest BCUT2D eigenvalue weighted by molar-refractivity contribution is 5.91. The number of aromatic nitrogens is 2. The normalized spacial score (nSPS) is 10.7. The second kappa shape index (κ2) is 5.25. The quantitative estimate of drug-likeness (QED) is 0.789. The largest absolute Gasteiger partial charge is 0.496 e. The summed E-state index contributed by atoms with van der Waals surface area (Å²) >= 11 is 0. The zero-order valence-corrected chi connectivity index (χ0v) is 11.6. The summed E-state index contributed by atoms with van der Waals surface area (Å²) in [7, 11) is 3.61. The fraction of sp³-hybridized carbons (Fsp3) is 0.188. The van der Waals surface area contributed by atoms with Crippen LogP contribution in [0.3, 0.4) is 0 Å². The standard InChI is InChI=1S/C16H17N3O/c1-19-10-9-16(18-19)17-11-12-7-8-15(20-2)14-6-4-3-5-13(12)14/h3-10H,11H2,1-2H3,(H,17,18).